The highest BCUT2D eigenvalue weighted by Crippen LogP contribution is 2.07. The summed E-state index contributed by atoms with van der Waals surface area (Å²) in [5.41, 5.74) is -0.0612. The summed E-state index contributed by atoms with van der Waals surface area (Å²) in [6.07, 6.45) is 2.77. The van der Waals surface area contributed by atoms with Crippen LogP contribution in [0.1, 0.15) is 6.42 Å². The maximum absolute atomic E-state index is 11.7. The molecule has 0 bridgehead atoms. The summed E-state index contributed by atoms with van der Waals surface area (Å²) in [6, 6.07) is 0. The molecule has 12 heavy (non-hydrogen) atoms. The highest BCUT2D eigenvalue weighted by atomic mass is 19.1. The number of alkyl halides is 1. The molecule has 1 aromatic heterocycles. The molecule has 0 aromatic carbocycles. The van der Waals surface area contributed by atoms with Gasteiger partial charge in [-0.1, -0.05) is 0 Å². The molecule has 0 saturated carbocycles. The molecule has 0 atom stereocenters. The Morgan fingerprint density at radius 2 is 2.50 bits per heavy atom. The molecule has 0 radical (unpaired) electrons. The van der Waals surface area contributed by atoms with Gasteiger partial charge in [-0.25, -0.2) is 0 Å². The molecular weight excluding hydrogens is 165 g/mol. The number of hydrogen-bond donors (Lipinski definition) is 0. The minimum Gasteiger partial charge on any atom is -0.265 e. The van der Waals surface area contributed by atoms with Crippen molar-refractivity contribution in [3.63, 3.8) is 0 Å². The van der Waals surface area contributed by atoms with Crippen molar-refractivity contribution < 1.29 is 9.31 Å². The van der Waals surface area contributed by atoms with Gasteiger partial charge in [-0.05, 0) is 6.42 Å². The van der Waals surface area contributed by atoms with Crippen molar-refractivity contribution >= 4 is 5.69 Å². The summed E-state index contributed by atoms with van der Waals surface area (Å²) in [4.78, 5) is 9.64. The minimum atomic E-state index is -0.529. The molecular formula is C6H8FN3O2. The second-order valence-electron chi connectivity index (χ2n) is 2.26. The Balaban J connectivity index is 2.58. The van der Waals surface area contributed by atoms with Gasteiger partial charge in [-0.3, -0.25) is 19.2 Å². The summed E-state index contributed by atoms with van der Waals surface area (Å²) in [5, 5.41) is 13.8. The van der Waals surface area contributed by atoms with E-state index in [-0.39, 0.29) is 5.69 Å². The monoisotopic (exact) mass is 173 g/mol. The fourth-order valence-electron chi connectivity index (χ4n) is 0.791. The lowest BCUT2D eigenvalue weighted by Crippen LogP contribution is -1.98. The van der Waals surface area contributed by atoms with Crippen LogP contribution in [0.5, 0.6) is 0 Å². The highest BCUT2D eigenvalue weighted by molar-refractivity contribution is 5.20. The van der Waals surface area contributed by atoms with Crippen LogP contribution in [-0.4, -0.2) is 21.4 Å². The molecule has 0 unspecified atom stereocenters. The average Bonchev–Trinajstić information content (AvgIpc) is 2.48. The van der Waals surface area contributed by atoms with E-state index in [1.165, 1.54) is 10.9 Å². The first-order valence-electron chi connectivity index (χ1n) is 3.47. The molecule has 0 fully saturated rings. The van der Waals surface area contributed by atoms with E-state index in [1.807, 2.05) is 0 Å². The predicted octanol–water partition coefficient (Wildman–Crippen LogP) is 1.15. The Kier molecular flexibility index (Phi) is 2.73. The molecule has 0 N–H and O–H groups in total. The Labute approximate surface area is 68.0 Å². The smallest absolute Gasteiger partial charge is 0.265 e. The van der Waals surface area contributed by atoms with Crippen molar-refractivity contribution in [2.75, 3.05) is 6.67 Å². The van der Waals surface area contributed by atoms with E-state index in [4.69, 9.17) is 0 Å². The van der Waals surface area contributed by atoms with Gasteiger partial charge in [-0.2, -0.15) is 5.10 Å². The number of nitrogens with zero attached hydrogens (tertiary/aromatic N) is 3. The first-order chi connectivity index (χ1) is 5.74. The minimum absolute atomic E-state index is 0.0612. The summed E-state index contributed by atoms with van der Waals surface area (Å²) in [7, 11) is 0. The third-order valence-corrected chi connectivity index (χ3v) is 1.35. The van der Waals surface area contributed by atoms with Gasteiger partial charge >= 0.3 is 5.69 Å². The second-order valence-corrected chi connectivity index (χ2v) is 2.26. The molecule has 0 aliphatic rings. The summed E-state index contributed by atoms with van der Waals surface area (Å²) < 4.78 is 13.0. The molecule has 0 saturated heterocycles. The van der Waals surface area contributed by atoms with Gasteiger partial charge in [0.1, 0.15) is 12.4 Å². The van der Waals surface area contributed by atoms with Crippen molar-refractivity contribution in [3.05, 3.63) is 22.5 Å². The number of rotatable bonds is 4. The van der Waals surface area contributed by atoms with Gasteiger partial charge in [0.25, 0.3) is 0 Å². The van der Waals surface area contributed by atoms with Crippen LogP contribution in [0.2, 0.25) is 0 Å². The quantitative estimate of drug-likeness (QED) is 0.506. The van der Waals surface area contributed by atoms with E-state index < -0.39 is 11.6 Å². The number of nitro groups is 1. The van der Waals surface area contributed by atoms with Gasteiger partial charge in [0.2, 0.25) is 0 Å². The third kappa shape index (κ3) is 2.01. The van der Waals surface area contributed by atoms with Crippen LogP contribution < -0.4 is 0 Å². The zero-order valence-corrected chi connectivity index (χ0v) is 6.31. The molecule has 5 nitrogen and oxygen atoms in total. The van der Waals surface area contributed by atoms with Gasteiger partial charge in [-0.15, -0.1) is 0 Å². The molecule has 0 aliphatic heterocycles. The van der Waals surface area contributed by atoms with Gasteiger partial charge in [0, 0.05) is 6.54 Å². The third-order valence-electron chi connectivity index (χ3n) is 1.35. The van der Waals surface area contributed by atoms with Crippen LogP contribution in [0.3, 0.4) is 0 Å². The van der Waals surface area contributed by atoms with Crippen LogP contribution in [0.25, 0.3) is 0 Å². The van der Waals surface area contributed by atoms with Crippen molar-refractivity contribution in [2.24, 2.45) is 0 Å². The second kappa shape index (κ2) is 3.80. The fourth-order valence-corrected chi connectivity index (χ4v) is 0.791. The zero-order valence-electron chi connectivity index (χ0n) is 6.31. The molecule has 0 amide bonds. The van der Waals surface area contributed by atoms with E-state index in [0.717, 1.165) is 6.20 Å². The number of aryl methyl sites for hydroxylation is 1. The molecule has 0 aliphatic carbocycles. The SMILES string of the molecule is O=[N+]([O-])c1cnn(CCCF)c1. The predicted molar refractivity (Wildman–Crippen MR) is 39.5 cm³/mol. The average molecular weight is 173 g/mol. The van der Waals surface area contributed by atoms with E-state index in [0.29, 0.717) is 13.0 Å². The lowest BCUT2D eigenvalue weighted by molar-refractivity contribution is -0.385. The van der Waals surface area contributed by atoms with Crippen molar-refractivity contribution in [2.45, 2.75) is 13.0 Å². The number of hydrogen-bond acceptors (Lipinski definition) is 3. The Bertz CT molecular complexity index is 274. The molecule has 1 heterocycles. The van der Waals surface area contributed by atoms with Crippen LogP contribution in [0.4, 0.5) is 10.1 Å². The summed E-state index contributed by atoms with van der Waals surface area (Å²) in [6.45, 7) is -0.0575. The van der Waals surface area contributed by atoms with Gasteiger partial charge in [0.05, 0.1) is 11.6 Å². The van der Waals surface area contributed by atoms with Crippen LogP contribution in [-0.2, 0) is 6.54 Å². The van der Waals surface area contributed by atoms with Crippen LogP contribution >= 0.6 is 0 Å². The maximum Gasteiger partial charge on any atom is 0.306 e. The van der Waals surface area contributed by atoms with Crippen molar-refractivity contribution in [3.8, 4) is 0 Å². The van der Waals surface area contributed by atoms with Crippen molar-refractivity contribution in [1.29, 1.82) is 0 Å². The Morgan fingerprint density at radius 1 is 1.75 bits per heavy atom. The molecule has 1 rings (SSSR count). The fraction of sp³-hybridized carbons (Fsp3) is 0.500. The maximum atomic E-state index is 11.7. The van der Waals surface area contributed by atoms with E-state index in [9.17, 15) is 14.5 Å². The van der Waals surface area contributed by atoms with E-state index >= 15 is 0 Å². The zero-order chi connectivity index (χ0) is 8.97. The van der Waals surface area contributed by atoms with E-state index in [1.54, 1.807) is 0 Å². The van der Waals surface area contributed by atoms with Crippen molar-refractivity contribution in [1.82, 2.24) is 9.78 Å². The lowest BCUT2D eigenvalue weighted by Gasteiger charge is -1.94. The van der Waals surface area contributed by atoms with E-state index in [2.05, 4.69) is 5.10 Å². The van der Waals surface area contributed by atoms with Crippen LogP contribution in [0.15, 0.2) is 12.4 Å². The molecule has 66 valence electrons. The lowest BCUT2D eigenvalue weighted by atomic mass is 10.5. The standard InChI is InChI=1S/C6H8FN3O2/c7-2-1-3-9-5-6(4-8-9)10(11)12/h4-5H,1-3H2. The summed E-state index contributed by atoms with van der Waals surface area (Å²) >= 11 is 0. The summed E-state index contributed by atoms with van der Waals surface area (Å²) in [5.74, 6) is 0. The first kappa shape index (κ1) is 8.63. The topological polar surface area (TPSA) is 61.0 Å². The normalized spacial score (nSPS) is 10.1. The molecule has 1 aromatic rings. The first-order valence-corrected chi connectivity index (χ1v) is 3.47. The highest BCUT2D eigenvalue weighted by Gasteiger charge is 2.07. The van der Waals surface area contributed by atoms with Gasteiger partial charge in [0.15, 0.2) is 0 Å². The Hall–Kier alpha value is -1.46. The Morgan fingerprint density at radius 3 is 3.00 bits per heavy atom. The molecule has 0 spiro atoms. The largest absolute Gasteiger partial charge is 0.306 e. The molecule has 6 heteroatoms. The number of halogens is 1. The van der Waals surface area contributed by atoms with Gasteiger partial charge < -0.3 is 0 Å². The van der Waals surface area contributed by atoms with Crippen LogP contribution in [0, 0.1) is 10.1 Å². The number of aromatic nitrogens is 2.